The number of nitrogens with one attached hydrogen (secondary N) is 1. The number of benzene rings is 1. The summed E-state index contributed by atoms with van der Waals surface area (Å²) < 4.78 is 5.10. The Kier molecular flexibility index (Phi) is 2.72. The van der Waals surface area contributed by atoms with E-state index in [1.165, 1.54) is 5.56 Å². The van der Waals surface area contributed by atoms with E-state index in [1.54, 1.807) is 0 Å². The molecule has 0 saturated carbocycles. The molecule has 0 unspecified atom stereocenters. The van der Waals surface area contributed by atoms with Crippen molar-refractivity contribution in [3.05, 3.63) is 47.3 Å². The van der Waals surface area contributed by atoms with Crippen LogP contribution in [-0.4, -0.2) is 5.16 Å². The van der Waals surface area contributed by atoms with Crippen molar-refractivity contribution >= 4 is 5.69 Å². The van der Waals surface area contributed by atoms with Gasteiger partial charge in [0.25, 0.3) is 0 Å². The average molecular weight is 202 g/mol. The first kappa shape index (κ1) is 9.77. The van der Waals surface area contributed by atoms with Gasteiger partial charge in [-0.1, -0.05) is 22.9 Å². The van der Waals surface area contributed by atoms with Crippen molar-refractivity contribution in [3.63, 3.8) is 0 Å². The van der Waals surface area contributed by atoms with E-state index in [2.05, 4.69) is 41.7 Å². The van der Waals surface area contributed by atoms with Gasteiger partial charge in [0.15, 0.2) is 5.76 Å². The molecule has 3 nitrogen and oxygen atoms in total. The third-order valence-electron chi connectivity index (χ3n) is 2.20. The second kappa shape index (κ2) is 4.17. The Morgan fingerprint density at radius 3 is 2.53 bits per heavy atom. The fourth-order valence-electron chi connectivity index (χ4n) is 1.36. The summed E-state index contributed by atoms with van der Waals surface area (Å²) in [6.45, 7) is 4.66. The van der Waals surface area contributed by atoms with Gasteiger partial charge in [0.1, 0.15) is 0 Å². The van der Waals surface area contributed by atoms with E-state index in [0.717, 1.165) is 17.1 Å². The summed E-state index contributed by atoms with van der Waals surface area (Å²) in [5.74, 6) is 0.855. The highest BCUT2D eigenvalue weighted by Crippen LogP contribution is 2.10. The van der Waals surface area contributed by atoms with E-state index in [1.807, 2.05) is 13.0 Å². The molecule has 0 radical (unpaired) electrons. The van der Waals surface area contributed by atoms with Crippen LogP contribution in [0.25, 0.3) is 0 Å². The lowest BCUT2D eigenvalue weighted by Gasteiger charge is -2.03. The van der Waals surface area contributed by atoms with Gasteiger partial charge in [0, 0.05) is 11.8 Å². The number of rotatable bonds is 3. The Morgan fingerprint density at radius 2 is 1.93 bits per heavy atom. The van der Waals surface area contributed by atoms with Gasteiger partial charge in [-0.3, -0.25) is 0 Å². The molecular weight excluding hydrogens is 188 g/mol. The molecule has 1 aromatic carbocycles. The van der Waals surface area contributed by atoms with Gasteiger partial charge in [0.05, 0.1) is 12.2 Å². The molecule has 2 rings (SSSR count). The molecule has 78 valence electrons. The molecule has 1 aromatic heterocycles. The standard InChI is InChI=1S/C12H14N2O/c1-9-3-5-11(6-4-9)13-8-12-7-10(2)14-15-12/h3-7,13H,8H2,1-2H3. The molecule has 0 spiro atoms. The summed E-state index contributed by atoms with van der Waals surface area (Å²) >= 11 is 0. The lowest BCUT2D eigenvalue weighted by molar-refractivity contribution is 0.384. The number of hydrogen-bond donors (Lipinski definition) is 1. The number of nitrogens with zero attached hydrogens (tertiary/aromatic N) is 1. The zero-order chi connectivity index (χ0) is 10.7. The Morgan fingerprint density at radius 1 is 1.20 bits per heavy atom. The zero-order valence-electron chi connectivity index (χ0n) is 8.95. The molecule has 0 fully saturated rings. The van der Waals surface area contributed by atoms with Gasteiger partial charge in [-0.05, 0) is 26.0 Å². The van der Waals surface area contributed by atoms with Gasteiger partial charge >= 0.3 is 0 Å². The maximum Gasteiger partial charge on any atom is 0.156 e. The molecular formula is C12H14N2O. The zero-order valence-corrected chi connectivity index (χ0v) is 8.95. The van der Waals surface area contributed by atoms with E-state index < -0.39 is 0 Å². The molecule has 15 heavy (non-hydrogen) atoms. The molecule has 0 amide bonds. The second-order valence-corrected chi connectivity index (χ2v) is 3.65. The summed E-state index contributed by atoms with van der Waals surface area (Å²) in [4.78, 5) is 0. The van der Waals surface area contributed by atoms with E-state index in [9.17, 15) is 0 Å². The molecule has 0 bridgehead atoms. The molecule has 0 atom stereocenters. The third kappa shape index (κ3) is 2.59. The van der Waals surface area contributed by atoms with Crippen molar-refractivity contribution in [2.75, 3.05) is 5.32 Å². The van der Waals surface area contributed by atoms with Crippen LogP contribution in [-0.2, 0) is 6.54 Å². The molecule has 0 saturated heterocycles. The number of anilines is 1. The Hall–Kier alpha value is -1.77. The summed E-state index contributed by atoms with van der Waals surface area (Å²) in [6.07, 6.45) is 0. The first-order valence-corrected chi connectivity index (χ1v) is 4.97. The molecule has 1 N–H and O–H groups in total. The van der Waals surface area contributed by atoms with Gasteiger partial charge in [-0.15, -0.1) is 0 Å². The predicted octanol–water partition coefficient (Wildman–Crippen LogP) is 2.90. The Labute approximate surface area is 89.1 Å². The van der Waals surface area contributed by atoms with E-state index >= 15 is 0 Å². The quantitative estimate of drug-likeness (QED) is 0.831. The normalized spacial score (nSPS) is 10.3. The highest BCUT2D eigenvalue weighted by Gasteiger charge is 1.99. The maximum absolute atomic E-state index is 5.10. The van der Waals surface area contributed by atoms with E-state index in [0.29, 0.717) is 6.54 Å². The van der Waals surface area contributed by atoms with Gasteiger partial charge in [0.2, 0.25) is 0 Å². The summed E-state index contributed by atoms with van der Waals surface area (Å²) in [5, 5.41) is 7.10. The lowest BCUT2D eigenvalue weighted by Crippen LogP contribution is -1.97. The van der Waals surface area contributed by atoms with Gasteiger partial charge < -0.3 is 9.84 Å². The van der Waals surface area contributed by atoms with Crippen LogP contribution in [0.5, 0.6) is 0 Å². The van der Waals surface area contributed by atoms with Crippen LogP contribution in [0, 0.1) is 13.8 Å². The topological polar surface area (TPSA) is 38.1 Å². The average Bonchev–Trinajstić information content (AvgIpc) is 2.64. The molecule has 3 heteroatoms. The van der Waals surface area contributed by atoms with Crippen LogP contribution in [0.1, 0.15) is 17.0 Å². The van der Waals surface area contributed by atoms with Crippen molar-refractivity contribution in [1.82, 2.24) is 5.16 Å². The minimum absolute atomic E-state index is 0.671. The molecule has 1 heterocycles. The van der Waals surface area contributed by atoms with Crippen molar-refractivity contribution in [2.45, 2.75) is 20.4 Å². The van der Waals surface area contributed by atoms with Crippen LogP contribution < -0.4 is 5.32 Å². The van der Waals surface area contributed by atoms with Crippen molar-refractivity contribution in [2.24, 2.45) is 0 Å². The summed E-state index contributed by atoms with van der Waals surface area (Å²) in [6, 6.07) is 10.2. The Balaban J connectivity index is 1.96. The first-order chi connectivity index (χ1) is 7.24. The highest BCUT2D eigenvalue weighted by atomic mass is 16.5. The van der Waals surface area contributed by atoms with Crippen molar-refractivity contribution in [1.29, 1.82) is 0 Å². The fourth-order valence-corrected chi connectivity index (χ4v) is 1.36. The lowest BCUT2D eigenvalue weighted by atomic mass is 10.2. The van der Waals surface area contributed by atoms with Crippen LogP contribution in [0.15, 0.2) is 34.9 Å². The summed E-state index contributed by atoms with van der Waals surface area (Å²) in [7, 11) is 0. The van der Waals surface area contributed by atoms with Gasteiger partial charge in [-0.25, -0.2) is 0 Å². The maximum atomic E-state index is 5.10. The van der Waals surface area contributed by atoms with E-state index in [-0.39, 0.29) is 0 Å². The second-order valence-electron chi connectivity index (χ2n) is 3.65. The van der Waals surface area contributed by atoms with Crippen LogP contribution >= 0.6 is 0 Å². The first-order valence-electron chi connectivity index (χ1n) is 4.97. The fraction of sp³-hybridized carbons (Fsp3) is 0.250. The highest BCUT2D eigenvalue weighted by molar-refractivity contribution is 5.44. The monoisotopic (exact) mass is 202 g/mol. The smallest absolute Gasteiger partial charge is 0.156 e. The molecule has 2 aromatic rings. The molecule has 0 aliphatic rings. The third-order valence-corrected chi connectivity index (χ3v) is 2.20. The van der Waals surface area contributed by atoms with Crippen molar-refractivity contribution < 1.29 is 4.52 Å². The van der Waals surface area contributed by atoms with Gasteiger partial charge in [-0.2, -0.15) is 0 Å². The molecule has 0 aliphatic heterocycles. The predicted molar refractivity (Wildman–Crippen MR) is 59.7 cm³/mol. The summed E-state index contributed by atoms with van der Waals surface area (Å²) in [5.41, 5.74) is 3.27. The van der Waals surface area contributed by atoms with Crippen LogP contribution in [0.4, 0.5) is 5.69 Å². The SMILES string of the molecule is Cc1ccc(NCc2cc(C)no2)cc1. The largest absolute Gasteiger partial charge is 0.378 e. The van der Waals surface area contributed by atoms with Crippen molar-refractivity contribution in [3.8, 4) is 0 Å². The van der Waals surface area contributed by atoms with Crippen LogP contribution in [0.3, 0.4) is 0 Å². The Bertz CT molecular complexity index is 431. The minimum atomic E-state index is 0.671. The number of aryl methyl sites for hydroxylation is 2. The number of aromatic nitrogens is 1. The van der Waals surface area contributed by atoms with E-state index in [4.69, 9.17) is 4.52 Å². The molecule has 0 aliphatic carbocycles. The van der Waals surface area contributed by atoms with Crippen LogP contribution in [0.2, 0.25) is 0 Å². The minimum Gasteiger partial charge on any atom is -0.378 e. The number of hydrogen-bond acceptors (Lipinski definition) is 3.